The lowest BCUT2D eigenvalue weighted by Crippen LogP contribution is -2.19. The highest BCUT2D eigenvalue weighted by atomic mass is 16.6. The van der Waals surface area contributed by atoms with Crippen molar-refractivity contribution in [3.05, 3.63) is 137 Å². The molecule has 8 nitrogen and oxygen atoms in total. The van der Waals surface area contributed by atoms with Crippen molar-refractivity contribution in [1.29, 1.82) is 0 Å². The smallest absolute Gasteiger partial charge is 0.352 e. The van der Waals surface area contributed by atoms with Gasteiger partial charge in [-0.05, 0) is 78.2 Å². The first-order chi connectivity index (χ1) is 21.4. The van der Waals surface area contributed by atoms with Gasteiger partial charge in [-0.1, -0.05) is 43.3 Å². The van der Waals surface area contributed by atoms with Crippen molar-refractivity contribution in [3.8, 4) is 40.2 Å². The molecular formula is C36H28O8. The Morgan fingerprint density at radius 3 is 1.82 bits per heavy atom. The summed E-state index contributed by atoms with van der Waals surface area (Å²) in [6.07, 6.45) is 0.953. The minimum absolute atomic E-state index is 0.0531. The SMILES string of the molecule is CCc1ccc(Oc2ccc(OCC(=O)OC(=O)c3ccc(C4c5ccc(O)cc5Oc5cc(O)ccc54)cc3)cc2)cc1. The van der Waals surface area contributed by atoms with Gasteiger partial charge in [-0.15, -0.1) is 0 Å². The number of phenolic OH excluding ortho intramolecular Hbond substituents is 2. The zero-order valence-corrected chi connectivity index (χ0v) is 23.7. The third-order valence-electron chi connectivity index (χ3n) is 7.27. The van der Waals surface area contributed by atoms with E-state index in [-0.39, 0.29) is 23.0 Å². The van der Waals surface area contributed by atoms with Crippen LogP contribution in [0.4, 0.5) is 0 Å². The number of esters is 2. The molecule has 1 heterocycles. The van der Waals surface area contributed by atoms with E-state index in [1.807, 2.05) is 24.3 Å². The minimum atomic E-state index is -0.831. The summed E-state index contributed by atoms with van der Waals surface area (Å²) in [7, 11) is 0. The molecule has 44 heavy (non-hydrogen) atoms. The van der Waals surface area contributed by atoms with Crippen LogP contribution in [0.3, 0.4) is 0 Å². The first-order valence-corrected chi connectivity index (χ1v) is 14.0. The number of aryl methyl sites for hydroxylation is 1. The third-order valence-corrected chi connectivity index (χ3v) is 7.27. The van der Waals surface area contributed by atoms with Gasteiger partial charge < -0.3 is 29.2 Å². The Labute approximate surface area is 253 Å². The molecule has 5 aromatic rings. The molecule has 0 aromatic heterocycles. The molecule has 220 valence electrons. The van der Waals surface area contributed by atoms with Gasteiger partial charge in [0.15, 0.2) is 6.61 Å². The number of aromatic hydroxyl groups is 2. The molecule has 0 amide bonds. The van der Waals surface area contributed by atoms with Crippen molar-refractivity contribution in [3.63, 3.8) is 0 Å². The van der Waals surface area contributed by atoms with E-state index in [9.17, 15) is 19.8 Å². The van der Waals surface area contributed by atoms with Crippen LogP contribution in [0.1, 0.15) is 45.5 Å². The lowest BCUT2D eigenvalue weighted by molar-refractivity contribution is -0.140. The lowest BCUT2D eigenvalue weighted by Gasteiger charge is -2.29. The summed E-state index contributed by atoms with van der Waals surface area (Å²) >= 11 is 0. The average molecular weight is 589 g/mol. The summed E-state index contributed by atoms with van der Waals surface area (Å²) in [5.74, 6) is 0.875. The molecule has 0 saturated heterocycles. The molecular weight excluding hydrogens is 560 g/mol. The summed E-state index contributed by atoms with van der Waals surface area (Å²) < 4.78 is 22.3. The fourth-order valence-electron chi connectivity index (χ4n) is 5.02. The number of phenols is 2. The van der Waals surface area contributed by atoms with Gasteiger partial charge in [-0.3, -0.25) is 0 Å². The molecule has 0 saturated carbocycles. The third kappa shape index (κ3) is 6.19. The molecule has 0 radical (unpaired) electrons. The van der Waals surface area contributed by atoms with Gasteiger partial charge in [0.1, 0.15) is 40.2 Å². The van der Waals surface area contributed by atoms with E-state index in [0.717, 1.165) is 23.1 Å². The second-order valence-electron chi connectivity index (χ2n) is 10.2. The lowest BCUT2D eigenvalue weighted by atomic mass is 9.82. The van der Waals surface area contributed by atoms with Crippen molar-refractivity contribution in [2.24, 2.45) is 0 Å². The first-order valence-electron chi connectivity index (χ1n) is 14.0. The van der Waals surface area contributed by atoms with Crippen LogP contribution in [-0.2, 0) is 16.0 Å². The number of ether oxygens (including phenoxy) is 4. The number of carbonyl (C=O) groups is 2. The van der Waals surface area contributed by atoms with E-state index in [1.54, 1.807) is 72.8 Å². The Balaban J connectivity index is 1.07. The van der Waals surface area contributed by atoms with Crippen LogP contribution < -0.4 is 14.2 Å². The molecule has 1 aliphatic rings. The predicted octanol–water partition coefficient (Wildman–Crippen LogP) is 7.50. The number of carbonyl (C=O) groups excluding carboxylic acids is 2. The predicted molar refractivity (Wildman–Crippen MR) is 162 cm³/mol. The zero-order chi connectivity index (χ0) is 30.6. The van der Waals surface area contributed by atoms with E-state index in [2.05, 4.69) is 6.92 Å². The minimum Gasteiger partial charge on any atom is -0.508 e. The van der Waals surface area contributed by atoms with Crippen molar-refractivity contribution in [2.75, 3.05) is 6.61 Å². The Hall–Kier alpha value is -5.76. The van der Waals surface area contributed by atoms with Crippen LogP contribution in [0.25, 0.3) is 0 Å². The second kappa shape index (κ2) is 12.2. The zero-order valence-electron chi connectivity index (χ0n) is 23.7. The molecule has 8 heteroatoms. The maximum absolute atomic E-state index is 12.7. The fraction of sp³-hybridized carbons (Fsp3) is 0.111. The van der Waals surface area contributed by atoms with Gasteiger partial charge in [-0.25, -0.2) is 9.59 Å². The van der Waals surface area contributed by atoms with E-state index in [0.29, 0.717) is 28.7 Å². The number of fused-ring (bicyclic) bond motifs is 2. The van der Waals surface area contributed by atoms with Crippen LogP contribution in [0.5, 0.6) is 40.2 Å². The van der Waals surface area contributed by atoms with Crippen LogP contribution >= 0.6 is 0 Å². The van der Waals surface area contributed by atoms with Crippen molar-refractivity contribution >= 4 is 11.9 Å². The molecule has 0 aliphatic carbocycles. The second-order valence-corrected chi connectivity index (χ2v) is 10.2. The van der Waals surface area contributed by atoms with Gasteiger partial charge in [0, 0.05) is 29.2 Å². The fourth-order valence-corrected chi connectivity index (χ4v) is 5.02. The Kier molecular flexibility index (Phi) is 7.88. The maximum atomic E-state index is 12.7. The van der Waals surface area contributed by atoms with E-state index in [1.165, 1.54) is 17.7 Å². The normalized spacial score (nSPS) is 11.9. The molecule has 5 aromatic carbocycles. The van der Waals surface area contributed by atoms with Crippen LogP contribution in [-0.4, -0.2) is 28.8 Å². The highest BCUT2D eigenvalue weighted by molar-refractivity contribution is 5.97. The number of hydrogen-bond acceptors (Lipinski definition) is 8. The summed E-state index contributed by atoms with van der Waals surface area (Å²) in [5, 5.41) is 19.9. The monoisotopic (exact) mass is 588 g/mol. The molecule has 0 fully saturated rings. The molecule has 1 aliphatic heterocycles. The number of rotatable bonds is 8. The molecule has 2 N–H and O–H groups in total. The summed E-state index contributed by atoms with van der Waals surface area (Å²) in [4.78, 5) is 25.1. The standard InChI is InChI=1S/C36H28O8/c1-2-22-3-11-28(12-4-22)42-29-15-13-27(14-16-29)41-21-34(39)44-36(40)24-7-5-23(6-8-24)35-30-17-9-25(37)19-32(30)43-33-20-26(38)10-18-31(33)35/h3-20,35,37-38H,2,21H2,1H3. The van der Waals surface area contributed by atoms with Crippen molar-refractivity contribution in [1.82, 2.24) is 0 Å². The summed E-state index contributed by atoms with van der Waals surface area (Å²) in [5.41, 5.74) is 3.88. The van der Waals surface area contributed by atoms with Gasteiger partial charge in [0.05, 0.1) is 5.56 Å². The molecule has 0 spiro atoms. The molecule has 6 rings (SSSR count). The first kappa shape index (κ1) is 28.4. The highest BCUT2D eigenvalue weighted by Crippen LogP contribution is 2.49. The van der Waals surface area contributed by atoms with Gasteiger partial charge in [0.2, 0.25) is 0 Å². The van der Waals surface area contributed by atoms with Crippen LogP contribution in [0.2, 0.25) is 0 Å². The van der Waals surface area contributed by atoms with Gasteiger partial charge in [-0.2, -0.15) is 0 Å². The maximum Gasteiger partial charge on any atom is 0.352 e. The average Bonchev–Trinajstić information content (AvgIpc) is 3.03. The molecule has 0 unspecified atom stereocenters. The molecule has 0 atom stereocenters. The van der Waals surface area contributed by atoms with Crippen LogP contribution in [0, 0.1) is 0 Å². The van der Waals surface area contributed by atoms with E-state index >= 15 is 0 Å². The number of hydrogen-bond donors (Lipinski definition) is 2. The Bertz CT molecular complexity index is 1760. The number of benzene rings is 5. The van der Waals surface area contributed by atoms with Crippen LogP contribution in [0.15, 0.2) is 109 Å². The quantitative estimate of drug-likeness (QED) is 0.139. The van der Waals surface area contributed by atoms with E-state index < -0.39 is 18.5 Å². The Morgan fingerprint density at radius 2 is 1.25 bits per heavy atom. The highest BCUT2D eigenvalue weighted by Gasteiger charge is 2.29. The summed E-state index contributed by atoms with van der Waals surface area (Å²) in [6.45, 7) is 1.64. The molecule has 0 bridgehead atoms. The van der Waals surface area contributed by atoms with Crippen molar-refractivity contribution in [2.45, 2.75) is 19.3 Å². The van der Waals surface area contributed by atoms with Gasteiger partial charge in [0.25, 0.3) is 0 Å². The summed E-state index contributed by atoms with van der Waals surface area (Å²) in [6, 6.07) is 31.1. The Morgan fingerprint density at radius 1 is 0.705 bits per heavy atom. The largest absolute Gasteiger partial charge is 0.508 e. The van der Waals surface area contributed by atoms with Crippen molar-refractivity contribution < 1.29 is 38.7 Å². The van der Waals surface area contributed by atoms with Gasteiger partial charge >= 0.3 is 11.9 Å². The topological polar surface area (TPSA) is 112 Å². The van der Waals surface area contributed by atoms with E-state index in [4.69, 9.17) is 18.9 Å².